The Bertz CT molecular complexity index is 284. The molecule has 0 heterocycles. The third kappa shape index (κ3) is 2.28. The molecule has 0 aromatic heterocycles. The van der Waals surface area contributed by atoms with Crippen molar-refractivity contribution >= 4 is 0 Å². The van der Waals surface area contributed by atoms with E-state index >= 15 is 0 Å². The molecule has 0 unspecified atom stereocenters. The molecule has 0 spiro atoms. The van der Waals surface area contributed by atoms with Crippen LogP contribution in [-0.2, 0) is 12.1 Å². The van der Waals surface area contributed by atoms with Crippen LogP contribution in [0.1, 0.15) is 18.1 Å². The predicted octanol–water partition coefficient (Wildman–Crippen LogP) is 0.311. The Morgan fingerprint density at radius 1 is 1.46 bits per heavy atom. The van der Waals surface area contributed by atoms with Crippen molar-refractivity contribution in [2.24, 2.45) is 11.5 Å². The van der Waals surface area contributed by atoms with Crippen LogP contribution in [-0.4, -0.2) is 11.7 Å². The van der Waals surface area contributed by atoms with Crippen LogP contribution < -0.4 is 11.5 Å². The van der Waals surface area contributed by atoms with Crippen molar-refractivity contribution in [1.29, 1.82) is 0 Å². The van der Waals surface area contributed by atoms with Crippen LogP contribution in [0.2, 0.25) is 0 Å². The number of aliphatic hydroxyl groups is 1. The van der Waals surface area contributed by atoms with Crippen molar-refractivity contribution in [3.05, 3.63) is 35.4 Å². The molecule has 0 radical (unpaired) electrons. The largest absolute Gasteiger partial charge is 0.394 e. The molecule has 0 amide bonds. The number of rotatable bonds is 3. The van der Waals surface area contributed by atoms with Gasteiger partial charge in [0.25, 0.3) is 0 Å². The summed E-state index contributed by atoms with van der Waals surface area (Å²) in [6.45, 7) is 2.22. The van der Waals surface area contributed by atoms with Gasteiger partial charge in [0.15, 0.2) is 0 Å². The Morgan fingerprint density at radius 3 is 2.69 bits per heavy atom. The normalized spacial score (nSPS) is 15.4. The molecule has 1 aromatic carbocycles. The molecule has 0 saturated heterocycles. The van der Waals surface area contributed by atoms with Gasteiger partial charge in [-0.05, 0) is 18.1 Å². The maximum absolute atomic E-state index is 9.05. The first-order valence-corrected chi connectivity index (χ1v) is 4.29. The Labute approximate surface area is 78.4 Å². The zero-order valence-corrected chi connectivity index (χ0v) is 7.83. The van der Waals surface area contributed by atoms with Crippen molar-refractivity contribution in [2.45, 2.75) is 19.0 Å². The van der Waals surface area contributed by atoms with Gasteiger partial charge in [-0.1, -0.05) is 24.3 Å². The lowest BCUT2D eigenvalue weighted by Gasteiger charge is -2.22. The second-order valence-electron chi connectivity index (χ2n) is 3.48. The van der Waals surface area contributed by atoms with Gasteiger partial charge in [-0.2, -0.15) is 0 Å². The van der Waals surface area contributed by atoms with Crippen LogP contribution in [0, 0.1) is 0 Å². The standard InChI is InChI=1S/C10H16N2O/c1-10(12,7-13)9-4-2-3-8(5-9)6-11/h2-5,13H,6-7,11-12H2,1H3/t10-/m0/s1. The van der Waals surface area contributed by atoms with Crippen LogP contribution in [0.15, 0.2) is 24.3 Å². The SMILES string of the molecule is C[C@](N)(CO)c1cccc(CN)c1. The van der Waals surface area contributed by atoms with Crippen molar-refractivity contribution in [3.63, 3.8) is 0 Å². The average molecular weight is 180 g/mol. The minimum atomic E-state index is -0.675. The Kier molecular flexibility index (Phi) is 3.03. The van der Waals surface area contributed by atoms with E-state index in [1.807, 2.05) is 24.3 Å². The molecule has 0 bridgehead atoms. The molecule has 3 nitrogen and oxygen atoms in total. The molecular formula is C10H16N2O. The smallest absolute Gasteiger partial charge is 0.0650 e. The summed E-state index contributed by atoms with van der Waals surface area (Å²) in [6, 6.07) is 7.67. The second-order valence-corrected chi connectivity index (χ2v) is 3.48. The van der Waals surface area contributed by atoms with Gasteiger partial charge in [-0.15, -0.1) is 0 Å². The van der Waals surface area contributed by atoms with E-state index in [9.17, 15) is 0 Å². The molecule has 1 rings (SSSR count). The van der Waals surface area contributed by atoms with E-state index in [4.69, 9.17) is 16.6 Å². The van der Waals surface area contributed by atoms with Gasteiger partial charge in [0, 0.05) is 6.54 Å². The zero-order chi connectivity index (χ0) is 9.90. The lowest BCUT2D eigenvalue weighted by Crippen LogP contribution is -2.37. The topological polar surface area (TPSA) is 72.3 Å². The first-order valence-electron chi connectivity index (χ1n) is 4.29. The molecule has 0 aliphatic heterocycles. The number of aliphatic hydroxyl groups excluding tert-OH is 1. The summed E-state index contributed by atoms with van der Waals surface area (Å²) >= 11 is 0. The summed E-state index contributed by atoms with van der Waals surface area (Å²) in [5, 5.41) is 9.05. The molecule has 1 aromatic rings. The second kappa shape index (κ2) is 3.87. The quantitative estimate of drug-likeness (QED) is 0.627. The van der Waals surface area contributed by atoms with Crippen LogP contribution >= 0.6 is 0 Å². The molecule has 5 N–H and O–H groups in total. The van der Waals surface area contributed by atoms with E-state index < -0.39 is 5.54 Å². The van der Waals surface area contributed by atoms with Crippen molar-refractivity contribution in [1.82, 2.24) is 0 Å². The number of hydrogen-bond donors (Lipinski definition) is 3. The van der Waals surface area contributed by atoms with Gasteiger partial charge < -0.3 is 16.6 Å². The van der Waals surface area contributed by atoms with E-state index in [-0.39, 0.29) is 6.61 Å². The highest BCUT2D eigenvalue weighted by molar-refractivity contribution is 5.28. The number of nitrogens with two attached hydrogens (primary N) is 2. The Hall–Kier alpha value is -0.900. The molecule has 0 saturated carbocycles. The summed E-state index contributed by atoms with van der Waals surface area (Å²) in [4.78, 5) is 0. The van der Waals surface area contributed by atoms with Crippen LogP contribution in [0.3, 0.4) is 0 Å². The van der Waals surface area contributed by atoms with E-state index in [0.29, 0.717) is 6.54 Å². The Balaban J connectivity index is 3.01. The van der Waals surface area contributed by atoms with Gasteiger partial charge in [-0.3, -0.25) is 0 Å². The van der Waals surface area contributed by atoms with Gasteiger partial charge in [0.2, 0.25) is 0 Å². The molecule has 13 heavy (non-hydrogen) atoms. The molecule has 1 atom stereocenters. The van der Waals surface area contributed by atoms with Crippen molar-refractivity contribution in [3.8, 4) is 0 Å². The number of benzene rings is 1. The average Bonchev–Trinajstić information content (AvgIpc) is 2.18. The summed E-state index contributed by atoms with van der Waals surface area (Å²) in [6.07, 6.45) is 0. The van der Waals surface area contributed by atoms with Crippen LogP contribution in [0.5, 0.6) is 0 Å². The summed E-state index contributed by atoms with van der Waals surface area (Å²) < 4.78 is 0. The Morgan fingerprint density at radius 2 is 2.15 bits per heavy atom. The molecule has 0 aliphatic rings. The fourth-order valence-electron chi connectivity index (χ4n) is 1.14. The lowest BCUT2D eigenvalue weighted by atomic mass is 9.93. The first kappa shape index (κ1) is 10.2. The fraction of sp³-hybridized carbons (Fsp3) is 0.400. The summed E-state index contributed by atoms with van der Waals surface area (Å²) in [5.41, 5.74) is 12.6. The lowest BCUT2D eigenvalue weighted by molar-refractivity contribution is 0.210. The van der Waals surface area contributed by atoms with Gasteiger partial charge in [0.1, 0.15) is 0 Å². The minimum absolute atomic E-state index is 0.0684. The monoisotopic (exact) mass is 180 g/mol. The highest BCUT2D eigenvalue weighted by atomic mass is 16.3. The van der Waals surface area contributed by atoms with Crippen molar-refractivity contribution < 1.29 is 5.11 Å². The third-order valence-corrected chi connectivity index (χ3v) is 2.15. The molecule has 0 fully saturated rings. The molecular weight excluding hydrogens is 164 g/mol. The maximum Gasteiger partial charge on any atom is 0.0650 e. The molecule has 0 aliphatic carbocycles. The van der Waals surface area contributed by atoms with Gasteiger partial charge in [-0.25, -0.2) is 0 Å². The van der Waals surface area contributed by atoms with E-state index in [2.05, 4.69) is 0 Å². The molecule has 3 heteroatoms. The predicted molar refractivity (Wildman–Crippen MR) is 53.0 cm³/mol. The van der Waals surface area contributed by atoms with Crippen LogP contribution in [0.4, 0.5) is 0 Å². The van der Waals surface area contributed by atoms with E-state index in [0.717, 1.165) is 11.1 Å². The summed E-state index contributed by atoms with van der Waals surface area (Å²) in [5.74, 6) is 0. The summed E-state index contributed by atoms with van der Waals surface area (Å²) in [7, 11) is 0. The maximum atomic E-state index is 9.05. The first-order chi connectivity index (χ1) is 6.10. The highest BCUT2D eigenvalue weighted by Gasteiger charge is 2.19. The highest BCUT2D eigenvalue weighted by Crippen LogP contribution is 2.17. The van der Waals surface area contributed by atoms with Crippen LogP contribution in [0.25, 0.3) is 0 Å². The van der Waals surface area contributed by atoms with Gasteiger partial charge in [0.05, 0.1) is 12.1 Å². The van der Waals surface area contributed by atoms with Gasteiger partial charge >= 0.3 is 0 Å². The van der Waals surface area contributed by atoms with Crippen molar-refractivity contribution in [2.75, 3.05) is 6.61 Å². The van der Waals surface area contributed by atoms with E-state index in [1.54, 1.807) is 6.92 Å². The molecule has 72 valence electrons. The number of hydrogen-bond acceptors (Lipinski definition) is 3. The van der Waals surface area contributed by atoms with E-state index in [1.165, 1.54) is 0 Å². The zero-order valence-electron chi connectivity index (χ0n) is 7.83. The third-order valence-electron chi connectivity index (χ3n) is 2.15. The fourth-order valence-corrected chi connectivity index (χ4v) is 1.14. The minimum Gasteiger partial charge on any atom is -0.394 e.